The Bertz CT molecular complexity index is 549. The molecule has 0 amide bonds. The molecule has 0 fully saturated rings. The summed E-state index contributed by atoms with van der Waals surface area (Å²) >= 11 is 0. The summed E-state index contributed by atoms with van der Waals surface area (Å²) in [7, 11) is 0. The lowest BCUT2D eigenvalue weighted by Gasteiger charge is -2.02. The van der Waals surface area contributed by atoms with Crippen LogP contribution in [-0.2, 0) is 6.18 Å². The molecule has 0 spiro atoms. The van der Waals surface area contributed by atoms with E-state index in [1.807, 2.05) is 0 Å². The minimum atomic E-state index is -4.55. The van der Waals surface area contributed by atoms with Crippen LogP contribution >= 0.6 is 0 Å². The summed E-state index contributed by atoms with van der Waals surface area (Å²) in [6.07, 6.45) is -3.43. The quantitative estimate of drug-likeness (QED) is 0.666. The summed E-state index contributed by atoms with van der Waals surface area (Å²) < 4.78 is 37.8. The number of halogens is 3. The van der Waals surface area contributed by atoms with Gasteiger partial charge in [0.05, 0.1) is 11.6 Å². The first-order valence-corrected chi connectivity index (χ1v) is 3.84. The van der Waals surface area contributed by atoms with Gasteiger partial charge in [-0.05, 0) is 6.07 Å². The molecule has 15 heavy (non-hydrogen) atoms. The molecule has 0 radical (unpaired) electrons. The molecule has 7 heteroatoms. The molecular formula is C8H3F3N4. The van der Waals surface area contributed by atoms with Crippen molar-refractivity contribution in [1.82, 2.24) is 14.6 Å². The molecule has 4 nitrogen and oxygen atoms in total. The van der Waals surface area contributed by atoms with E-state index in [1.54, 1.807) is 6.07 Å². The van der Waals surface area contributed by atoms with Crippen molar-refractivity contribution in [3.05, 3.63) is 29.7 Å². The summed E-state index contributed by atoms with van der Waals surface area (Å²) in [4.78, 5) is 0. The number of hydrogen-bond donors (Lipinski definition) is 0. The zero-order chi connectivity index (χ0) is 11.1. The topological polar surface area (TPSA) is 54.0 Å². The maximum atomic E-state index is 12.3. The number of nitriles is 1. The van der Waals surface area contributed by atoms with Gasteiger partial charge in [-0.15, -0.1) is 10.2 Å². The second-order valence-corrected chi connectivity index (χ2v) is 2.78. The maximum absolute atomic E-state index is 12.3. The molecule has 2 heterocycles. The first-order chi connectivity index (χ1) is 7.02. The highest BCUT2D eigenvalue weighted by Crippen LogP contribution is 2.27. The predicted molar refractivity (Wildman–Crippen MR) is 42.7 cm³/mol. The maximum Gasteiger partial charge on any atom is 0.452 e. The molecule has 2 aromatic heterocycles. The molecule has 0 aromatic carbocycles. The van der Waals surface area contributed by atoms with Gasteiger partial charge in [0.1, 0.15) is 0 Å². The highest BCUT2D eigenvalue weighted by Gasteiger charge is 2.36. The fourth-order valence-electron chi connectivity index (χ4n) is 1.15. The Morgan fingerprint density at radius 1 is 1.33 bits per heavy atom. The van der Waals surface area contributed by atoms with Crippen LogP contribution in [0.15, 0.2) is 18.3 Å². The summed E-state index contributed by atoms with van der Waals surface area (Å²) in [6, 6.07) is 4.31. The second-order valence-electron chi connectivity index (χ2n) is 2.78. The molecule has 0 saturated carbocycles. The average molecular weight is 212 g/mol. The van der Waals surface area contributed by atoms with Gasteiger partial charge in [0, 0.05) is 12.3 Å². The number of hydrogen-bond acceptors (Lipinski definition) is 3. The third-order valence-electron chi connectivity index (χ3n) is 1.79. The zero-order valence-corrected chi connectivity index (χ0v) is 7.15. The minimum Gasteiger partial charge on any atom is -0.279 e. The van der Waals surface area contributed by atoms with Crippen LogP contribution < -0.4 is 0 Å². The number of aromatic nitrogens is 3. The monoisotopic (exact) mass is 212 g/mol. The summed E-state index contributed by atoms with van der Waals surface area (Å²) in [5.41, 5.74) is 0.241. The van der Waals surface area contributed by atoms with Crippen LogP contribution in [0.2, 0.25) is 0 Å². The van der Waals surface area contributed by atoms with Gasteiger partial charge in [-0.25, -0.2) is 0 Å². The van der Waals surface area contributed by atoms with Crippen molar-refractivity contribution in [3.63, 3.8) is 0 Å². The van der Waals surface area contributed by atoms with E-state index in [-0.39, 0.29) is 11.2 Å². The highest BCUT2D eigenvalue weighted by atomic mass is 19.4. The van der Waals surface area contributed by atoms with Crippen LogP contribution in [0.4, 0.5) is 13.2 Å². The van der Waals surface area contributed by atoms with Crippen molar-refractivity contribution in [1.29, 1.82) is 5.26 Å². The van der Waals surface area contributed by atoms with E-state index in [2.05, 4.69) is 10.2 Å². The van der Waals surface area contributed by atoms with Crippen molar-refractivity contribution >= 4 is 5.65 Å². The number of rotatable bonds is 0. The Balaban J connectivity index is 2.69. The fourth-order valence-corrected chi connectivity index (χ4v) is 1.15. The predicted octanol–water partition coefficient (Wildman–Crippen LogP) is 1.62. The Hall–Kier alpha value is -2.10. The van der Waals surface area contributed by atoms with Gasteiger partial charge in [0.2, 0.25) is 5.82 Å². The molecule has 0 bridgehead atoms. The van der Waals surface area contributed by atoms with Gasteiger partial charge in [0.25, 0.3) is 0 Å². The van der Waals surface area contributed by atoms with E-state index >= 15 is 0 Å². The van der Waals surface area contributed by atoms with E-state index in [0.29, 0.717) is 0 Å². The third-order valence-corrected chi connectivity index (χ3v) is 1.79. The van der Waals surface area contributed by atoms with Crippen LogP contribution in [0, 0.1) is 11.3 Å². The molecule has 0 aliphatic rings. The van der Waals surface area contributed by atoms with Gasteiger partial charge >= 0.3 is 6.18 Å². The number of alkyl halides is 3. The molecule has 2 aromatic rings. The van der Waals surface area contributed by atoms with Crippen LogP contribution in [0.1, 0.15) is 11.4 Å². The average Bonchev–Trinajstić information content (AvgIpc) is 2.59. The smallest absolute Gasteiger partial charge is 0.279 e. The van der Waals surface area contributed by atoms with Crippen molar-refractivity contribution in [2.75, 3.05) is 0 Å². The second kappa shape index (κ2) is 2.95. The van der Waals surface area contributed by atoms with Crippen molar-refractivity contribution < 1.29 is 13.2 Å². The van der Waals surface area contributed by atoms with Crippen LogP contribution in [0.5, 0.6) is 0 Å². The molecule has 2 rings (SSSR count). The molecule has 0 unspecified atom stereocenters. The van der Waals surface area contributed by atoms with Crippen molar-refractivity contribution in [2.45, 2.75) is 6.18 Å². The molecule has 0 N–H and O–H groups in total. The Morgan fingerprint density at radius 2 is 2.07 bits per heavy atom. The molecular weight excluding hydrogens is 209 g/mol. The van der Waals surface area contributed by atoms with Crippen LogP contribution in [0.3, 0.4) is 0 Å². The molecule has 0 aliphatic heterocycles. The van der Waals surface area contributed by atoms with Crippen LogP contribution in [-0.4, -0.2) is 14.6 Å². The van der Waals surface area contributed by atoms with Gasteiger partial charge in [-0.2, -0.15) is 18.4 Å². The van der Waals surface area contributed by atoms with Gasteiger partial charge in [0.15, 0.2) is 5.65 Å². The van der Waals surface area contributed by atoms with E-state index in [9.17, 15) is 13.2 Å². The lowest BCUT2D eigenvalue weighted by molar-refractivity contribution is -0.145. The fraction of sp³-hybridized carbons (Fsp3) is 0.125. The molecule has 76 valence electrons. The van der Waals surface area contributed by atoms with E-state index in [1.165, 1.54) is 12.1 Å². The normalized spacial score (nSPS) is 11.6. The number of pyridine rings is 1. The van der Waals surface area contributed by atoms with E-state index in [0.717, 1.165) is 10.6 Å². The van der Waals surface area contributed by atoms with Crippen LogP contribution in [0.25, 0.3) is 5.65 Å². The van der Waals surface area contributed by atoms with Gasteiger partial charge < -0.3 is 0 Å². The molecule has 0 saturated heterocycles. The van der Waals surface area contributed by atoms with Crippen molar-refractivity contribution in [2.24, 2.45) is 0 Å². The Kier molecular flexibility index (Phi) is 1.86. The minimum absolute atomic E-state index is 0.00127. The first-order valence-electron chi connectivity index (χ1n) is 3.84. The van der Waals surface area contributed by atoms with E-state index in [4.69, 9.17) is 5.26 Å². The summed E-state index contributed by atoms with van der Waals surface area (Å²) in [5.74, 6) is -1.10. The van der Waals surface area contributed by atoms with Crippen molar-refractivity contribution in [3.8, 4) is 6.07 Å². The SMILES string of the molecule is N#Cc1ccn2c(C(F)(F)F)nnc2c1. The Morgan fingerprint density at radius 3 is 2.67 bits per heavy atom. The molecule has 0 atom stereocenters. The summed E-state index contributed by atoms with van der Waals surface area (Å²) in [5, 5.41) is 14.9. The standard InChI is InChI=1S/C8H3F3N4/c9-8(10,11)7-14-13-6-3-5(4-12)1-2-15(6)7/h1-3H. The number of fused-ring (bicyclic) bond motifs is 1. The Labute approximate surface area is 81.6 Å². The highest BCUT2D eigenvalue weighted by molar-refractivity contribution is 5.45. The summed E-state index contributed by atoms with van der Waals surface area (Å²) in [6.45, 7) is 0. The first kappa shape index (κ1) is 9.45. The lowest BCUT2D eigenvalue weighted by atomic mass is 10.3. The zero-order valence-electron chi connectivity index (χ0n) is 7.15. The number of nitrogens with zero attached hydrogens (tertiary/aromatic N) is 4. The van der Waals surface area contributed by atoms with Gasteiger partial charge in [-0.3, -0.25) is 4.40 Å². The van der Waals surface area contributed by atoms with Gasteiger partial charge in [-0.1, -0.05) is 0 Å². The molecule has 0 aliphatic carbocycles. The largest absolute Gasteiger partial charge is 0.452 e. The third kappa shape index (κ3) is 1.50. The lowest BCUT2D eigenvalue weighted by Crippen LogP contribution is -2.10. The van der Waals surface area contributed by atoms with E-state index < -0.39 is 12.0 Å².